The monoisotopic (exact) mass is 726 g/mol. The van der Waals surface area contributed by atoms with Crippen LogP contribution in [0.15, 0.2) is 107 Å². The van der Waals surface area contributed by atoms with Gasteiger partial charge >= 0.3 is 0 Å². The number of nitrogens with one attached hydrogen (secondary N) is 1. The maximum atomic E-state index is 15.2. The molecule has 2 aromatic heterocycles. The van der Waals surface area contributed by atoms with E-state index in [1.807, 2.05) is 30.3 Å². The van der Waals surface area contributed by atoms with Crippen LogP contribution in [0.5, 0.6) is 17.2 Å². The summed E-state index contributed by atoms with van der Waals surface area (Å²) in [6.07, 6.45) is 2.86. The molecule has 0 fully saturated rings. The predicted molar refractivity (Wildman–Crippen MR) is 173 cm³/mol. The molecule has 222 valence electrons. The summed E-state index contributed by atoms with van der Waals surface area (Å²) in [5.74, 6) is -1.91. The highest BCUT2D eigenvalue weighted by Crippen LogP contribution is 2.37. The molecule has 44 heavy (non-hydrogen) atoms. The smallest absolute Gasteiger partial charge is 0.271 e. The number of aromatic nitrogens is 2. The van der Waals surface area contributed by atoms with Gasteiger partial charge in [-0.3, -0.25) is 14.2 Å². The highest BCUT2D eigenvalue weighted by Gasteiger charge is 2.21. The molecule has 1 amide bonds. The van der Waals surface area contributed by atoms with Crippen molar-refractivity contribution in [3.8, 4) is 22.9 Å². The Morgan fingerprint density at radius 2 is 1.75 bits per heavy atom. The van der Waals surface area contributed by atoms with E-state index < -0.39 is 23.1 Å². The molecule has 0 aliphatic heterocycles. The molecule has 0 aliphatic rings. The Balaban J connectivity index is 1.38. The summed E-state index contributed by atoms with van der Waals surface area (Å²) in [5.41, 5.74) is 0.274. The molecule has 3 aromatic carbocycles. The number of aliphatic imine (C=N–C) groups is 1. The maximum Gasteiger partial charge on any atom is 0.271 e. The molecule has 0 bridgehead atoms. The van der Waals surface area contributed by atoms with Crippen molar-refractivity contribution in [2.45, 2.75) is 6.92 Å². The molecule has 5 rings (SSSR count). The Labute approximate surface area is 269 Å². The van der Waals surface area contributed by atoms with Crippen molar-refractivity contribution in [1.82, 2.24) is 9.55 Å². The van der Waals surface area contributed by atoms with Crippen LogP contribution in [0, 0.1) is 11.6 Å². The normalized spacial score (nSPS) is 11.2. The van der Waals surface area contributed by atoms with E-state index in [-0.39, 0.29) is 45.9 Å². The van der Waals surface area contributed by atoms with Gasteiger partial charge in [-0.15, -0.1) is 0 Å². The lowest BCUT2D eigenvalue weighted by Gasteiger charge is -2.14. The molecule has 12 heteroatoms. The number of carbonyl (C=O) groups excluding carboxylic acids is 1. The van der Waals surface area contributed by atoms with E-state index in [0.29, 0.717) is 9.41 Å². The van der Waals surface area contributed by atoms with Gasteiger partial charge in [-0.1, -0.05) is 41.9 Å². The molecule has 0 aliphatic carbocycles. The number of nitrogens with zero attached hydrogens (tertiary/aromatic N) is 3. The van der Waals surface area contributed by atoms with E-state index in [2.05, 4.69) is 37.9 Å². The Morgan fingerprint density at radius 3 is 2.45 bits per heavy atom. The predicted octanol–water partition coefficient (Wildman–Crippen LogP) is 8.12. The SMILES string of the molecule is CCOc1ccn(-c2ccc(F)cc2)c(=O)c1C(=O)Nc1ccc(Oc2ccnc(/N=C(/I)c3ccccc3)c2Cl)c(F)c1. The van der Waals surface area contributed by atoms with Crippen molar-refractivity contribution in [2.75, 3.05) is 11.9 Å². The van der Waals surface area contributed by atoms with Crippen LogP contribution in [-0.4, -0.2) is 25.8 Å². The van der Waals surface area contributed by atoms with E-state index in [4.69, 9.17) is 21.1 Å². The van der Waals surface area contributed by atoms with Gasteiger partial charge in [0, 0.05) is 41.5 Å². The summed E-state index contributed by atoms with van der Waals surface area (Å²) < 4.78 is 41.7. The molecule has 0 saturated heterocycles. The van der Waals surface area contributed by atoms with Gasteiger partial charge in [-0.2, -0.15) is 0 Å². The number of hydrogen-bond acceptors (Lipinski definition) is 6. The molecule has 0 atom stereocenters. The van der Waals surface area contributed by atoms with Gasteiger partial charge in [-0.25, -0.2) is 18.8 Å². The van der Waals surface area contributed by atoms with Gasteiger partial charge in [0.15, 0.2) is 23.1 Å². The molecule has 8 nitrogen and oxygen atoms in total. The van der Waals surface area contributed by atoms with Crippen LogP contribution in [0.1, 0.15) is 22.8 Å². The zero-order valence-corrected chi connectivity index (χ0v) is 25.8. The second kappa shape index (κ2) is 13.8. The number of ether oxygens (including phenoxy) is 2. The topological polar surface area (TPSA) is 94.8 Å². The standard InChI is InChI=1S/C32H22ClF2IN4O4/c1-2-43-25-15-17-40(22-11-8-20(34)9-12-22)32(42)27(25)31(41)38-21-10-13-24(23(35)18-21)44-26-14-16-37-30(28(26)33)39-29(36)19-6-4-3-5-7-19/h3-18H,2H2,1H3,(H,38,41)/b39-29+. The Kier molecular flexibility index (Phi) is 9.65. The first-order chi connectivity index (χ1) is 21.2. The van der Waals surface area contributed by atoms with Gasteiger partial charge in [-0.05, 0) is 72.0 Å². The fourth-order valence-corrected chi connectivity index (χ4v) is 4.87. The first-order valence-electron chi connectivity index (χ1n) is 13.1. The number of hydrogen-bond donors (Lipinski definition) is 1. The number of halogens is 4. The molecule has 0 saturated carbocycles. The van der Waals surface area contributed by atoms with E-state index >= 15 is 4.39 Å². The van der Waals surface area contributed by atoms with Crippen LogP contribution < -0.4 is 20.3 Å². The maximum absolute atomic E-state index is 15.2. The lowest BCUT2D eigenvalue weighted by Crippen LogP contribution is -2.29. The minimum atomic E-state index is -0.823. The number of rotatable bonds is 9. The zero-order chi connectivity index (χ0) is 31.2. The van der Waals surface area contributed by atoms with Crippen molar-refractivity contribution in [1.29, 1.82) is 0 Å². The van der Waals surface area contributed by atoms with E-state index in [0.717, 1.165) is 11.6 Å². The highest BCUT2D eigenvalue weighted by atomic mass is 127. The van der Waals surface area contributed by atoms with E-state index in [9.17, 15) is 14.0 Å². The molecule has 1 N–H and O–H groups in total. The molecule has 0 unspecified atom stereocenters. The number of carbonyl (C=O) groups is 1. The average molecular weight is 727 g/mol. The first kappa shape index (κ1) is 30.8. The van der Waals surface area contributed by atoms with Gasteiger partial charge in [0.25, 0.3) is 11.5 Å². The molecule has 0 spiro atoms. The van der Waals surface area contributed by atoms with E-state index in [1.54, 1.807) is 6.92 Å². The van der Waals surface area contributed by atoms with Gasteiger partial charge < -0.3 is 14.8 Å². The number of benzene rings is 3. The summed E-state index contributed by atoms with van der Waals surface area (Å²) in [6, 6.07) is 21.3. The van der Waals surface area contributed by atoms with Crippen LogP contribution in [0.4, 0.5) is 20.3 Å². The Morgan fingerprint density at radius 1 is 1.00 bits per heavy atom. The largest absolute Gasteiger partial charge is 0.493 e. The third-order valence-corrected chi connectivity index (χ3v) is 7.37. The van der Waals surface area contributed by atoms with Crippen molar-refractivity contribution >= 4 is 55.3 Å². The summed E-state index contributed by atoms with van der Waals surface area (Å²) in [5, 5.41) is 2.62. The van der Waals surface area contributed by atoms with Crippen LogP contribution in [-0.2, 0) is 0 Å². The summed E-state index contributed by atoms with van der Waals surface area (Å²) in [6.45, 7) is 1.90. The average Bonchev–Trinajstić information content (AvgIpc) is 3.01. The quantitative estimate of drug-likeness (QED) is 0.122. The lowest BCUT2D eigenvalue weighted by molar-refractivity contribution is 0.102. The lowest BCUT2D eigenvalue weighted by atomic mass is 10.2. The van der Waals surface area contributed by atoms with Crippen molar-refractivity contribution in [3.05, 3.63) is 135 Å². The third-order valence-electron chi connectivity index (χ3n) is 6.15. The molecule has 2 heterocycles. The molecule has 0 radical (unpaired) electrons. The van der Waals surface area contributed by atoms with E-state index in [1.165, 1.54) is 65.5 Å². The van der Waals surface area contributed by atoms with Crippen LogP contribution in [0.2, 0.25) is 5.02 Å². The zero-order valence-electron chi connectivity index (χ0n) is 22.9. The number of amides is 1. The van der Waals surface area contributed by atoms with Crippen LogP contribution >= 0.6 is 34.2 Å². The summed E-state index contributed by atoms with van der Waals surface area (Å²) in [4.78, 5) is 35.3. The van der Waals surface area contributed by atoms with Gasteiger partial charge in [0.05, 0.1) is 6.61 Å². The summed E-state index contributed by atoms with van der Waals surface area (Å²) >= 11 is 8.56. The summed E-state index contributed by atoms with van der Waals surface area (Å²) in [7, 11) is 0. The van der Waals surface area contributed by atoms with Crippen molar-refractivity contribution < 1.29 is 23.0 Å². The van der Waals surface area contributed by atoms with Crippen LogP contribution in [0.3, 0.4) is 0 Å². The minimum absolute atomic E-state index is 0.0431. The minimum Gasteiger partial charge on any atom is -0.493 e. The third kappa shape index (κ3) is 6.95. The number of pyridine rings is 2. The Hall–Kier alpha value is -4.62. The van der Waals surface area contributed by atoms with Gasteiger partial charge in [0.2, 0.25) is 0 Å². The fourth-order valence-electron chi connectivity index (χ4n) is 4.09. The van der Waals surface area contributed by atoms with Crippen LogP contribution in [0.25, 0.3) is 5.69 Å². The Bertz CT molecular complexity index is 1920. The second-order valence-corrected chi connectivity index (χ2v) is 10.5. The van der Waals surface area contributed by atoms with Crippen molar-refractivity contribution in [2.24, 2.45) is 4.99 Å². The highest BCUT2D eigenvalue weighted by molar-refractivity contribution is 14.1. The molecular weight excluding hydrogens is 705 g/mol. The fraction of sp³-hybridized carbons (Fsp3) is 0.0625. The first-order valence-corrected chi connectivity index (χ1v) is 14.6. The number of anilines is 1. The van der Waals surface area contributed by atoms with Gasteiger partial charge in [0.1, 0.15) is 25.9 Å². The molecular formula is C32H22ClF2IN4O4. The van der Waals surface area contributed by atoms with Crippen molar-refractivity contribution in [3.63, 3.8) is 0 Å². The second-order valence-electron chi connectivity index (χ2n) is 9.06. The molecule has 5 aromatic rings.